The molecule has 1 aromatic heterocycles. The van der Waals surface area contributed by atoms with Gasteiger partial charge in [-0.1, -0.05) is 0 Å². The maximum absolute atomic E-state index is 11.8. The molecule has 72 valence electrons. The first-order chi connectivity index (χ1) is 6.02. The van der Waals surface area contributed by atoms with Crippen molar-refractivity contribution in [3.05, 3.63) is 30.1 Å². The zero-order chi connectivity index (χ0) is 10.3. The van der Waals surface area contributed by atoms with Gasteiger partial charge in [0.05, 0.1) is 5.56 Å². The van der Waals surface area contributed by atoms with Gasteiger partial charge in [-0.2, -0.15) is 13.2 Å². The van der Waals surface area contributed by atoms with Crippen molar-refractivity contribution in [1.82, 2.24) is 4.98 Å². The van der Waals surface area contributed by atoms with Crippen LogP contribution in [0.4, 0.5) is 13.2 Å². The zero-order valence-corrected chi connectivity index (χ0v) is 7.01. The molecule has 0 aromatic carbocycles. The van der Waals surface area contributed by atoms with E-state index in [9.17, 15) is 13.2 Å². The maximum atomic E-state index is 11.8. The highest BCUT2D eigenvalue weighted by Gasteiger charge is 2.29. The van der Waals surface area contributed by atoms with Crippen LogP contribution in [0.2, 0.25) is 0 Å². The van der Waals surface area contributed by atoms with E-state index in [1.54, 1.807) is 0 Å². The van der Waals surface area contributed by atoms with Crippen LogP contribution in [0.3, 0.4) is 0 Å². The van der Waals surface area contributed by atoms with E-state index in [0.29, 0.717) is 0 Å². The molecule has 0 aliphatic heterocycles. The Morgan fingerprint density at radius 1 is 1.31 bits per heavy atom. The Morgan fingerprint density at radius 2 is 1.69 bits per heavy atom. The first-order valence-corrected chi connectivity index (χ1v) is 3.47. The lowest BCUT2D eigenvalue weighted by Gasteiger charge is -2.03. The molecule has 0 fully saturated rings. The molecule has 0 bridgehead atoms. The normalized spacial score (nSPS) is 9.85. The Morgan fingerprint density at radius 3 is 1.92 bits per heavy atom. The SMILES string of the molecule is FC(F)(F)c1ccncc1.O=CCl. The molecule has 1 heterocycles. The number of carbonyl (C=O) groups excluding carboxylic acids is 1. The second-order valence-electron chi connectivity index (χ2n) is 1.82. The predicted octanol–water partition coefficient (Wildman–Crippen LogP) is 2.52. The molecule has 0 aliphatic carbocycles. The zero-order valence-electron chi connectivity index (χ0n) is 6.25. The minimum atomic E-state index is -4.25. The van der Waals surface area contributed by atoms with Crippen molar-refractivity contribution in [2.75, 3.05) is 0 Å². The van der Waals surface area contributed by atoms with Gasteiger partial charge in [0.25, 0.3) is 0 Å². The van der Waals surface area contributed by atoms with Gasteiger partial charge in [-0.3, -0.25) is 9.78 Å². The average molecular weight is 212 g/mol. The molecular weight excluding hydrogens is 207 g/mol. The topological polar surface area (TPSA) is 30.0 Å². The minimum absolute atomic E-state index is 0.222. The van der Waals surface area contributed by atoms with E-state index in [1.165, 1.54) is 0 Å². The van der Waals surface area contributed by atoms with Crippen LogP contribution in [0.1, 0.15) is 5.56 Å². The number of alkyl halides is 3. The number of pyridine rings is 1. The Kier molecular flexibility index (Phi) is 5.06. The number of carbonyl (C=O) groups is 1. The lowest BCUT2D eigenvalue weighted by molar-refractivity contribution is -0.137. The summed E-state index contributed by atoms with van der Waals surface area (Å²) in [6.07, 6.45) is -2.02. The highest BCUT2D eigenvalue weighted by molar-refractivity contribution is 6.54. The fourth-order valence-corrected chi connectivity index (χ4v) is 0.541. The second-order valence-corrected chi connectivity index (χ2v) is 2.00. The summed E-state index contributed by atoms with van der Waals surface area (Å²) in [5, 5.41) is 0. The number of aromatic nitrogens is 1. The predicted molar refractivity (Wildman–Crippen MR) is 41.8 cm³/mol. The van der Waals surface area contributed by atoms with Crippen LogP contribution in [-0.2, 0) is 11.0 Å². The van der Waals surface area contributed by atoms with Crippen molar-refractivity contribution in [3.63, 3.8) is 0 Å². The second kappa shape index (κ2) is 5.53. The molecule has 1 aromatic rings. The Balaban J connectivity index is 0.000000424. The molecule has 2 nitrogen and oxygen atoms in total. The van der Waals surface area contributed by atoms with E-state index in [2.05, 4.69) is 16.6 Å². The molecule has 0 aliphatic rings. The molecule has 0 saturated carbocycles. The summed E-state index contributed by atoms with van der Waals surface area (Å²) >= 11 is 4.32. The van der Waals surface area contributed by atoms with Crippen molar-refractivity contribution in [2.45, 2.75) is 6.18 Å². The number of rotatable bonds is 0. The third kappa shape index (κ3) is 5.19. The summed E-state index contributed by atoms with van der Waals surface area (Å²) in [6, 6.07) is 1.86. The monoisotopic (exact) mass is 211 g/mol. The smallest absolute Gasteiger partial charge is 0.285 e. The van der Waals surface area contributed by atoms with Gasteiger partial charge in [0.2, 0.25) is 5.75 Å². The van der Waals surface area contributed by atoms with Crippen molar-refractivity contribution in [3.8, 4) is 0 Å². The molecule has 0 amide bonds. The first kappa shape index (κ1) is 11.9. The van der Waals surface area contributed by atoms with Gasteiger partial charge < -0.3 is 0 Å². The Bertz CT molecular complexity index is 250. The molecule has 0 N–H and O–H groups in total. The van der Waals surface area contributed by atoms with Crippen LogP contribution in [0.5, 0.6) is 0 Å². The van der Waals surface area contributed by atoms with Gasteiger partial charge in [0.1, 0.15) is 0 Å². The summed E-state index contributed by atoms with van der Waals surface area (Å²) in [6.45, 7) is 0. The van der Waals surface area contributed by atoms with Gasteiger partial charge in [0, 0.05) is 12.4 Å². The molecule has 0 saturated heterocycles. The van der Waals surface area contributed by atoms with Crippen molar-refractivity contribution in [2.24, 2.45) is 0 Å². The first-order valence-electron chi connectivity index (χ1n) is 3.03. The molecule has 0 radical (unpaired) electrons. The highest BCUT2D eigenvalue weighted by atomic mass is 35.5. The number of hydrogen-bond donors (Lipinski definition) is 0. The molecule has 6 heteroatoms. The fourth-order valence-electron chi connectivity index (χ4n) is 0.541. The number of hydrogen-bond acceptors (Lipinski definition) is 2. The number of halogens is 4. The summed E-state index contributed by atoms with van der Waals surface area (Å²) in [4.78, 5) is 12.0. The Labute approximate surface area is 77.3 Å². The summed E-state index contributed by atoms with van der Waals surface area (Å²) in [7, 11) is 0. The number of nitrogens with zero attached hydrogens (tertiary/aromatic N) is 1. The van der Waals surface area contributed by atoms with Gasteiger partial charge in [-0.15, -0.1) is 0 Å². The van der Waals surface area contributed by atoms with Crippen molar-refractivity contribution in [1.29, 1.82) is 0 Å². The van der Waals surface area contributed by atoms with E-state index in [-0.39, 0.29) is 5.75 Å². The highest BCUT2D eigenvalue weighted by Crippen LogP contribution is 2.27. The van der Waals surface area contributed by atoms with E-state index < -0.39 is 11.7 Å². The fraction of sp³-hybridized carbons (Fsp3) is 0.143. The molecule has 0 unspecified atom stereocenters. The van der Waals surface area contributed by atoms with Crippen molar-refractivity contribution < 1.29 is 18.0 Å². The standard InChI is InChI=1S/C6H4F3N.CHClO/c7-6(8,9)5-1-3-10-4-2-5;2-1-3/h1-4H;1H. The lowest BCUT2D eigenvalue weighted by atomic mass is 10.3. The minimum Gasteiger partial charge on any atom is -0.285 e. The average Bonchev–Trinajstić information content (AvgIpc) is 2.06. The van der Waals surface area contributed by atoms with E-state index >= 15 is 0 Å². The van der Waals surface area contributed by atoms with Gasteiger partial charge in [0.15, 0.2) is 0 Å². The van der Waals surface area contributed by atoms with Gasteiger partial charge in [-0.25, -0.2) is 0 Å². The Hall–Kier alpha value is -1.10. The maximum Gasteiger partial charge on any atom is 0.416 e. The van der Waals surface area contributed by atoms with Crippen LogP contribution in [0.25, 0.3) is 0 Å². The molecule has 0 atom stereocenters. The third-order valence-corrected chi connectivity index (χ3v) is 1.01. The van der Waals surface area contributed by atoms with Crippen LogP contribution >= 0.6 is 11.6 Å². The lowest BCUT2D eigenvalue weighted by Crippen LogP contribution is -2.03. The van der Waals surface area contributed by atoms with Gasteiger partial charge >= 0.3 is 6.18 Å². The van der Waals surface area contributed by atoms with Crippen LogP contribution < -0.4 is 0 Å². The van der Waals surface area contributed by atoms with E-state index in [0.717, 1.165) is 24.5 Å². The van der Waals surface area contributed by atoms with Gasteiger partial charge in [-0.05, 0) is 23.7 Å². The molecule has 13 heavy (non-hydrogen) atoms. The summed E-state index contributed by atoms with van der Waals surface area (Å²) < 4.78 is 35.3. The molecule has 1 rings (SSSR count). The quantitative estimate of drug-likeness (QED) is 0.488. The van der Waals surface area contributed by atoms with Crippen LogP contribution in [0, 0.1) is 0 Å². The van der Waals surface area contributed by atoms with E-state index in [1.807, 2.05) is 0 Å². The molecular formula is C7H5ClF3NO. The summed E-state index contributed by atoms with van der Waals surface area (Å²) in [5.41, 5.74) is -0.664. The largest absolute Gasteiger partial charge is 0.416 e. The van der Waals surface area contributed by atoms with E-state index in [4.69, 9.17) is 4.79 Å². The summed E-state index contributed by atoms with van der Waals surface area (Å²) in [5.74, 6) is 0.222. The third-order valence-electron chi connectivity index (χ3n) is 1.01. The van der Waals surface area contributed by atoms with Crippen molar-refractivity contribution >= 4 is 17.3 Å². The van der Waals surface area contributed by atoms with Crippen LogP contribution in [0.15, 0.2) is 24.5 Å². The molecule has 0 spiro atoms. The van der Waals surface area contributed by atoms with Crippen LogP contribution in [-0.4, -0.2) is 10.7 Å².